The van der Waals surface area contributed by atoms with Crippen molar-refractivity contribution in [3.63, 3.8) is 0 Å². The maximum Gasteiger partial charge on any atom is 0.268 e. The van der Waals surface area contributed by atoms with E-state index in [1.807, 2.05) is 0 Å². The topological polar surface area (TPSA) is 98.7 Å². The number of thiol groups is 1. The van der Waals surface area contributed by atoms with Gasteiger partial charge in [-0.25, -0.2) is 5.48 Å². The Bertz CT molecular complexity index is 563. The second kappa shape index (κ2) is 6.15. The Labute approximate surface area is 125 Å². The van der Waals surface area contributed by atoms with Crippen molar-refractivity contribution < 1.29 is 31.6 Å². The van der Waals surface area contributed by atoms with Crippen LogP contribution in [0.2, 0.25) is 0 Å². The van der Waals surface area contributed by atoms with Crippen LogP contribution in [-0.4, -0.2) is 40.5 Å². The number of hydroxylamine groups is 1. The molecule has 0 aromatic heterocycles. The molecule has 6 nitrogen and oxygen atoms in total. The molecule has 0 aliphatic carbocycles. The molecule has 0 radical (unpaired) electrons. The van der Waals surface area contributed by atoms with Gasteiger partial charge in [-0.1, -0.05) is 0 Å². The van der Waals surface area contributed by atoms with Gasteiger partial charge in [0, 0.05) is 16.7 Å². The number of rotatable bonds is 5. The molecule has 1 rings (SSSR count). The number of benzene rings is 1. The summed E-state index contributed by atoms with van der Waals surface area (Å²) in [6, 6.07) is 2.09. The number of aliphatic hydroxyl groups is 1. The van der Waals surface area contributed by atoms with Crippen LogP contribution in [0, 0.1) is 0 Å². The third kappa shape index (κ3) is 4.61. The van der Waals surface area contributed by atoms with Crippen LogP contribution in [-0.2, 0) is 4.79 Å². The van der Waals surface area contributed by atoms with Crippen molar-refractivity contribution in [3.8, 4) is 0 Å². The number of hydrogen-bond donors (Lipinski definition) is 5. The zero-order valence-corrected chi connectivity index (χ0v) is 12.7. The largest absolute Gasteiger partial charge is 0.391 e. The third-order valence-electron chi connectivity index (χ3n) is 2.84. The molecule has 22 heavy (non-hydrogen) atoms. The summed E-state index contributed by atoms with van der Waals surface area (Å²) in [4.78, 5) is 22.3. The average molecular weight is 342 g/mol. The fourth-order valence-electron chi connectivity index (χ4n) is 1.63. The molecule has 0 bridgehead atoms. The lowest BCUT2D eigenvalue weighted by Gasteiger charge is -2.33. The molecular weight excluding hydrogens is 325 g/mol. The average Bonchev–Trinajstić information content (AvgIpc) is 2.41. The first-order valence-electron chi connectivity index (χ1n) is 6.13. The summed E-state index contributed by atoms with van der Waals surface area (Å²) < 4.78 is 39.6. The molecule has 0 aliphatic rings. The van der Waals surface area contributed by atoms with Gasteiger partial charge in [0.15, 0.2) is 0 Å². The monoisotopic (exact) mass is 342 g/mol. The Balaban J connectivity index is 2.93. The first kappa shape index (κ1) is 18.3. The minimum Gasteiger partial charge on any atom is -0.391 e. The molecule has 126 valence electrons. The van der Waals surface area contributed by atoms with Crippen LogP contribution in [0.5, 0.6) is 0 Å². The van der Waals surface area contributed by atoms with E-state index in [0.29, 0.717) is 0 Å². The number of aliphatic hydroxyl groups excluding tert-OH is 1. The number of nitrogens with one attached hydrogen (secondary N) is 2. The highest BCUT2D eigenvalue weighted by molar-refractivity contribution is 8.37. The summed E-state index contributed by atoms with van der Waals surface area (Å²) in [7, 11) is -6.40. The molecule has 1 aromatic rings. The second-order valence-electron chi connectivity index (χ2n) is 4.89. The van der Waals surface area contributed by atoms with Crippen LogP contribution in [0.25, 0.3) is 0 Å². The summed E-state index contributed by atoms with van der Waals surface area (Å²) in [6.45, 7) is 1.21. The van der Waals surface area contributed by atoms with Crippen molar-refractivity contribution in [1.82, 2.24) is 10.8 Å². The van der Waals surface area contributed by atoms with E-state index in [1.165, 1.54) is 12.4 Å². The summed E-state index contributed by atoms with van der Waals surface area (Å²) >= 11 is 0. The van der Waals surface area contributed by atoms with Crippen LogP contribution < -0.4 is 10.8 Å². The molecule has 0 spiro atoms. The maximum atomic E-state index is 13.2. The van der Waals surface area contributed by atoms with Crippen LogP contribution in [0.3, 0.4) is 0 Å². The maximum absolute atomic E-state index is 13.2. The second-order valence-corrected chi connectivity index (χ2v) is 7.76. The van der Waals surface area contributed by atoms with E-state index in [9.17, 15) is 26.4 Å². The normalized spacial score (nSPS) is 16.0. The Kier molecular flexibility index (Phi) is 5.10. The summed E-state index contributed by atoms with van der Waals surface area (Å²) in [6.07, 6.45) is -1.09. The predicted octanol–water partition coefficient (Wildman–Crippen LogP) is 1.39. The fraction of sp³-hybridized carbons (Fsp3) is 0.333. The van der Waals surface area contributed by atoms with Gasteiger partial charge >= 0.3 is 0 Å². The van der Waals surface area contributed by atoms with E-state index in [0.717, 1.165) is 24.3 Å². The summed E-state index contributed by atoms with van der Waals surface area (Å²) in [5, 5.41) is 20.0. The molecule has 0 aliphatic heterocycles. The van der Waals surface area contributed by atoms with Crippen molar-refractivity contribution in [2.75, 3.05) is 6.26 Å². The highest BCUT2D eigenvalue weighted by atomic mass is 32.4. The first-order valence-corrected chi connectivity index (χ1v) is 8.48. The van der Waals surface area contributed by atoms with Crippen molar-refractivity contribution in [2.45, 2.75) is 24.0 Å². The zero-order valence-electron chi connectivity index (χ0n) is 11.8. The van der Waals surface area contributed by atoms with Crippen LogP contribution in [0.15, 0.2) is 29.2 Å². The number of halogens is 3. The van der Waals surface area contributed by atoms with E-state index in [1.54, 1.807) is 0 Å². The summed E-state index contributed by atoms with van der Waals surface area (Å²) in [5.74, 6) is -1.90. The smallest absolute Gasteiger partial charge is 0.268 e. The molecule has 0 saturated carbocycles. The Morgan fingerprint density at radius 2 is 1.68 bits per heavy atom. The van der Waals surface area contributed by atoms with Crippen LogP contribution in [0.4, 0.5) is 11.7 Å². The van der Waals surface area contributed by atoms with E-state index in [2.05, 4.69) is 5.32 Å². The predicted molar refractivity (Wildman–Crippen MR) is 75.8 cm³/mol. The molecule has 4 N–H and O–H groups in total. The van der Waals surface area contributed by atoms with Crippen molar-refractivity contribution in [3.05, 3.63) is 29.8 Å². The highest BCUT2D eigenvalue weighted by Gasteiger charge is 2.34. The fourth-order valence-corrected chi connectivity index (χ4v) is 2.42. The van der Waals surface area contributed by atoms with E-state index in [4.69, 9.17) is 5.21 Å². The van der Waals surface area contributed by atoms with Gasteiger partial charge in [0.2, 0.25) is 0 Å². The Hall–Kier alpha value is -1.78. The minimum absolute atomic E-state index is 0.111. The van der Waals surface area contributed by atoms with Gasteiger partial charge in [0.1, 0.15) is 6.04 Å². The number of amides is 2. The lowest BCUT2D eigenvalue weighted by atomic mass is 10.1. The Morgan fingerprint density at radius 1 is 1.18 bits per heavy atom. The van der Waals surface area contributed by atoms with Gasteiger partial charge < -0.3 is 10.4 Å². The molecule has 2 amide bonds. The Morgan fingerprint density at radius 3 is 2.05 bits per heavy atom. The molecular formula is C12H17F3N2O4S. The van der Waals surface area contributed by atoms with Gasteiger partial charge in [-0.3, -0.25) is 14.8 Å². The van der Waals surface area contributed by atoms with Crippen molar-refractivity contribution in [1.29, 1.82) is 0 Å². The molecule has 2 atom stereocenters. The van der Waals surface area contributed by atoms with Gasteiger partial charge in [-0.2, -0.15) is 11.7 Å². The number of hydrogen-bond acceptors (Lipinski definition) is 4. The van der Waals surface area contributed by atoms with Crippen LogP contribution in [0.1, 0.15) is 17.3 Å². The standard InChI is InChI=1S/C12H17F3N2O4S/c1-7(18)10(12(20)17-21)16-11(19)8-3-5-9(6-4-8)22(2,13,14)15/h3-7,10,18,21-22H,1-2H3,(H,16,19)(H,17,20)/t7-,10+/m1/s1. The summed E-state index contributed by atoms with van der Waals surface area (Å²) in [5.41, 5.74) is 1.17. The third-order valence-corrected chi connectivity index (χ3v) is 4.24. The van der Waals surface area contributed by atoms with Crippen LogP contribution >= 0.6 is 10.3 Å². The number of carbonyl (C=O) groups is 2. The van der Waals surface area contributed by atoms with E-state index in [-0.39, 0.29) is 11.8 Å². The van der Waals surface area contributed by atoms with Gasteiger partial charge in [0.05, 0.1) is 16.4 Å². The molecule has 10 heteroatoms. The molecule has 1 aromatic carbocycles. The van der Waals surface area contributed by atoms with E-state index < -0.39 is 39.2 Å². The first-order chi connectivity index (χ1) is 9.92. The van der Waals surface area contributed by atoms with Gasteiger partial charge in [-0.15, -0.1) is 0 Å². The van der Waals surface area contributed by atoms with E-state index >= 15 is 0 Å². The molecule has 0 unspecified atom stereocenters. The molecule has 0 fully saturated rings. The van der Waals surface area contributed by atoms with Crippen molar-refractivity contribution >= 4 is 22.1 Å². The molecule has 0 heterocycles. The quantitative estimate of drug-likeness (QED) is 0.317. The van der Waals surface area contributed by atoms with Gasteiger partial charge in [-0.05, 0) is 31.2 Å². The zero-order chi connectivity index (χ0) is 17.2. The lowest BCUT2D eigenvalue weighted by Crippen LogP contribution is -2.51. The van der Waals surface area contributed by atoms with Gasteiger partial charge in [0.25, 0.3) is 11.8 Å². The lowest BCUT2D eigenvalue weighted by molar-refractivity contribution is -0.133. The van der Waals surface area contributed by atoms with Crippen molar-refractivity contribution in [2.24, 2.45) is 0 Å². The number of carbonyl (C=O) groups excluding carboxylic acids is 2. The highest BCUT2D eigenvalue weighted by Crippen LogP contribution is 2.77. The molecule has 0 saturated heterocycles. The SMILES string of the molecule is C[C@@H](O)[C@H](NC(=O)c1ccc([SH](C)(F)(F)F)cc1)C(=O)NO. The minimum atomic E-state index is -6.40.